The Bertz CT molecular complexity index is 508. The van der Waals surface area contributed by atoms with Crippen molar-refractivity contribution in [3.8, 4) is 5.75 Å². The Morgan fingerprint density at radius 2 is 1.57 bits per heavy atom. The van der Waals surface area contributed by atoms with E-state index in [2.05, 4.69) is 0 Å². The highest BCUT2D eigenvalue weighted by atomic mass is 16.3. The SMILES string of the molecule is Nc1ccc2c(N)cc(N)c(O)c2c1. The quantitative estimate of drug-likeness (QED) is 0.285. The number of anilines is 3. The molecule has 0 fully saturated rings. The van der Waals surface area contributed by atoms with Crippen LogP contribution in [0.5, 0.6) is 5.75 Å². The van der Waals surface area contributed by atoms with Gasteiger partial charge in [0.1, 0.15) is 5.75 Å². The minimum Gasteiger partial charge on any atom is -0.505 e. The average molecular weight is 189 g/mol. The van der Waals surface area contributed by atoms with Crippen LogP contribution >= 0.6 is 0 Å². The number of aromatic hydroxyl groups is 1. The Morgan fingerprint density at radius 3 is 2.29 bits per heavy atom. The van der Waals surface area contributed by atoms with Crippen molar-refractivity contribution >= 4 is 27.8 Å². The zero-order valence-electron chi connectivity index (χ0n) is 7.49. The van der Waals surface area contributed by atoms with Gasteiger partial charge in [-0.05, 0) is 18.2 Å². The Kier molecular flexibility index (Phi) is 1.64. The normalized spacial score (nSPS) is 10.6. The fourth-order valence-electron chi connectivity index (χ4n) is 1.48. The monoisotopic (exact) mass is 189 g/mol. The highest BCUT2D eigenvalue weighted by Gasteiger charge is 2.07. The van der Waals surface area contributed by atoms with Gasteiger partial charge in [-0.2, -0.15) is 0 Å². The first-order valence-electron chi connectivity index (χ1n) is 4.16. The van der Waals surface area contributed by atoms with E-state index in [-0.39, 0.29) is 11.4 Å². The van der Waals surface area contributed by atoms with E-state index in [1.807, 2.05) is 0 Å². The maximum absolute atomic E-state index is 9.67. The molecule has 2 aromatic rings. The van der Waals surface area contributed by atoms with Crippen molar-refractivity contribution in [2.75, 3.05) is 17.2 Å². The molecule has 0 unspecified atom stereocenters. The fraction of sp³-hybridized carbons (Fsp3) is 0. The molecule has 72 valence electrons. The Morgan fingerprint density at radius 1 is 0.857 bits per heavy atom. The molecule has 0 saturated carbocycles. The molecule has 14 heavy (non-hydrogen) atoms. The highest BCUT2D eigenvalue weighted by molar-refractivity contribution is 6.02. The van der Waals surface area contributed by atoms with Gasteiger partial charge >= 0.3 is 0 Å². The first-order valence-corrected chi connectivity index (χ1v) is 4.16. The van der Waals surface area contributed by atoms with Crippen LogP contribution in [0.1, 0.15) is 0 Å². The molecule has 0 heterocycles. The molecule has 0 aliphatic rings. The van der Waals surface area contributed by atoms with Crippen molar-refractivity contribution in [2.24, 2.45) is 0 Å². The van der Waals surface area contributed by atoms with Gasteiger partial charge in [-0.25, -0.2) is 0 Å². The Hall–Kier alpha value is -2.10. The fourth-order valence-corrected chi connectivity index (χ4v) is 1.48. The van der Waals surface area contributed by atoms with E-state index >= 15 is 0 Å². The van der Waals surface area contributed by atoms with Gasteiger partial charge in [-0.15, -0.1) is 0 Å². The van der Waals surface area contributed by atoms with Crippen molar-refractivity contribution < 1.29 is 5.11 Å². The minimum absolute atomic E-state index is 0.0292. The van der Waals surface area contributed by atoms with E-state index < -0.39 is 0 Å². The van der Waals surface area contributed by atoms with E-state index in [0.717, 1.165) is 5.39 Å². The highest BCUT2D eigenvalue weighted by Crippen LogP contribution is 2.35. The summed E-state index contributed by atoms with van der Waals surface area (Å²) >= 11 is 0. The van der Waals surface area contributed by atoms with Crippen LogP contribution in [-0.2, 0) is 0 Å². The molecule has 0 radical (unpaired) electrons. The van der Waals surface area contributed by atoms with Crippen LogP contribution in [-0.4, -0.2) is 5.11 Å². The molecule has 0 aliphatic carbocycles. The molecule has 0 spiro atoms. The predicted molar refractivity (Wildman–Crippen MR) is 58.8 cm³/mol. The number of hydrogen-bond donors (Lipinski definition) is 4. The number of rotatable bonds is 0. The van der Waals surface area contributed by atoms with Gasteiger partial charge in [0.25, 0.3) is 0 Å². The number of nitrogen functional groups attached to an aromatic ring is 3. The first-order chi connectivity index (χ1) is 6.59. The summed E-state index contributed by atoms with van der Waals surface area (Å²) in [5.41, 5.74) is 18.3. The number of hydrogen-bond acceptors (Lipinski definition) is 4. The standard InChI is InChI=1S/C10H11N3O/c11-5-1-2-6-7(3-5)10(14)9(13)4-8(6)12/h1-4,14H,11-13H2. The third-order valence-electron chi connectivity index (χ3n) is 2.19. The summed E-state index contributed by atoms with van der Waals surface area (Å²) < 4.78 is 0. The lowest BCUT2D eigenvalue weighted by Crippen LogP contribution is -1.93. The second-order valence-electron chi connectivity index (χ2n) is 3.21. The van der Waals surface area contributed by atoms with Crippen molar-refractivity contribution in [2.45, 2.75) is 0 Å². The van der Waals surface area contributed by atoms with Crippen LogP contribution in [0.15, 0.2) is 24.3 Å². The van der Waals surface area contributed by atoms with Crippen LogP contribution in [0, 0.1) is 0 Å². The van der Waals surface area contributed by atoms with Crippen molar-refractivity contribution in [3.63, 3.8) is 0 Å². The van der Waals surface area contributed by atoms with Gasteiger partial charge < -0.3 is 22.3 Å². The second kappa shape index (κ2) is 2.70. The van der Waals surface area contributed by atoms with Gasteiger partial charge in [0.2, 0.25) is 0 Å². The molecule has 0 amide bonds. The maximum atomic E-state index is 9.67. The van der Waals surface area contributed by atoms with Crippen LogP contribution in [0.3, 0.4) is 0 Å². The number of phenols is 1. The molecule has 0 aromatic heterocycles. The zero-order valence-corrected chi connectivity index (χ0v) is 7.49. The first kappa shape index (κ1) is 8.50. The molecular formula is C10H11N3O. The molecular weight excluding hydrogens is 178 g/mol. The minimum atomic E-state index is 0.0292. The Balaban J connectivity index is 2.95. The van der Waals surface area contributed by atoms with E-state index in [4.69, 9.17) is 17.2 Å². The topological polar surface area (TPSA) is 98.3 Å². The zero-order chi connectivity index (χ0) is 10.3. The van der Waals surface area contributed by atoms with Gasteiger partial charge in [-0.1, -0.05) is 6.07 Å². The smallest absolute Gasteiger partial charge is 0.146 e. The molecule has 4 nitrogen and oxygen atoms in total. The van der Waals surface area contributed by atoms with Crippen molar-refractivity contribution in [1.29, 1.82) is 0 Å². The molecule has 0 atom stereocenters. The molecule has 0 bridgehead atoms. The summed E-state index contributed by atoms with van der Waals surface area (Å²) in [6.45, 7) is 0. The lowest BCUT2D eigenvalue weighted by atomic mass is 10.1. The lowest BCUT2D eigenvalue weighted by molar-refractivity contribution is 0.484. The Labute approximate surface area is 80.9 Å². The molecule has 0 aliphatic heterocycles. The number of nitrogens with two attached hydrogens (primary N) is 3. The number of benzene rings is 2. The maximum Gasteiger partial charge on any atom is 0.146 e. The van der Waals surface area contributed by atoms with Gasteiger partial charge in [0.05, 0.1) is 5.69 Å². The van der Waals surface area contributed by atoms with Crippen molar-refractivity contribution in [1.82, 2.24) is 0 Å². The predicted octanol–water partition coefficient (Wildman–Crippen LogP) is 1.29. The van der Waals surface area contributed by atoms with Gasteiger partial charge in [-0.3, -0.25) is 0 Å². The van der Waals surface area contributed by atoms with Crippen LogP contribution in [0.2, 0.25) is 0 Å². The van der Waals surface area contributed by atoms with Gasteiger partial charge in [0, 0.05) is 22.1 Å². The summed E-state index contributed by atoms with van der Waals surface area (Å²) in [5, 5.41) is 11.0. The summed E-state index contributed by atoms with van der Waals surface area (Å²) in [5.74, 6) is 0.0292. The van der Waals surface area contributed by atoms with E-state index in [0.29, 0.717) is 16.8 Å². The third-order valence-corrected chi connectivity index (χ3v) is 2.19. The third kappa shape index (κ3) is 1.08. The summed E-state index contributed by atoms with van der Waals surface area (Å²) in [6.07, 6.45) is 0. The van der Waals surface area contributed by atoms with Crippen LogP contribution < -0.4 is 17.2 Å². The number of fused-ring (bicyclic) bond motifs is 1. The second-order valence-corrected chi connectivity index (χ2v) is 3.21. The largest absolute Gasteiger partial charge is 0.505 e. The van der Waals surface area contributed by atoms with E-state index in [9.17, 15) is 5.11 Å². The molecule has 2 rings (SSSR count). The van der Waals surface area contributed by atoms with E-state index in [1.54, 1.807) is 18.2 Å². The average Bonchev–Trinajstić information content (AvgIpc) is 2.14. The summed E-state index contributed by atoms with van der Waals surface area (Å²) in [6, 6.07) is 6.68. The van der Waals surface area contributed by atoms with Crippen molar-refractivity contribution in [3.05, 3.63) is 24.3 Å². The molecule has 4 heteroatoms. The number of phenolic OH excluding ortho intramolecular Hbond substituents is 1. The van der Waals surface area contributed by atoms with E-state index in [1.165, 1.54) is 6.07 Å². The summed E-state index contributed by atoms with van der Waals surface area (Å²) in [7, 11) is 0. The van der Waals surface area contributed by atoms with Gasteiger partial charge in [0.15, 0.2) is 0 Å². The molecule has 7 N–H and O–H groups in total. The van der Waals surface area contributed by atoms with Crippen LogP contribution in [0.4, 0.5) is 17.1 Å². The summed E-state index contributed by atoms with van der Waals surface area (Å²) in [4.78, 5) is 0. The molecule has 0 saturated heterocycles. The van der Waals surface area contributed by atoms with Crippen LogP contribution in [0.25, 0.3) is 10.8 Å². The molecule has 2 aromatic carbocycles. The lowest BCUT2D eigenvalue weighted by Gasteiger charge is -2.07.